The minimum Gasteiger partial charge on any atom is -0.495 e. The van der Waals surface area contributed by atoms with Gasteiger partial charge < -0.3 is 10.1 Å². The Labute approximate surface area is 178 Å². The number of ether oxygens (including phenoxy) is 1. The maximum atomic E-state index is 13.7. The van der Waals surface area contributed by atoms with E-state index in [1.807, 2.05) is 0 Å². The summed E-state index contributed by atoms with van der Waals surface area (Å²) in [5.41, 5.74) is 0.469. The van der Waals surface area contributed by atoms with E-state index in [2.05, 4.69) is 5.32 Å². The van der Waals surface area contributed by atoms with Crippen LogP contribution in [0.1, 0.15) is 12.8 Å². The summed E-state index contributed by atoms with van der Waals surface area (Å²) in [5, 5.41) is 3.40. The van der Waals surface area contributed by atoms with Crippen LogP contribution < -0.4 is 10.1 Å². The van der Waals surface area contributed by atoms with E-state index in [4.69, 9.17) is 27.9 Å². The number of hydrogen-bond acceptors (Lipinski definition) is 4. The number of sulfonamides is 1. The topological polar surface area (TPSA) is 75.7 Å². The molecule has 3 rings (SSSR count). The molecular weight excluding hydrogens is 442 g/mol. The number of hydrogen-bond donors (Lipinski definition) is 1. The number of carbonyl (C=O) groups excluding carboxylic acids is 1. The molecule has 1 N–H and O–H groups in total. The Morgan fingerprint density at radius 3 is 2.66 bits per heavy atom. The third-order valence-electron chi connectivity index (χ3n) is 4.69. The lowest BCUT2D eigenvalue weighted by molar-refractivity contribution is -0.120. The zero-order chi connectivity index (χ0) is 21.2. The lowest BCUT2D eigenvalue weighted by Gasteiger charge is -2.31. The van der Waals surface area contributed by atoms with Gasteiger partial charge in [0.15, 0.2) is 0 Å². The van der Waals surface area contributed by atoms with E-state index in [1.54, 1.807) is 12.1 Å². The first-order valence-electron chi connectivity index (χ1n) is 8.82. The van der Waals surface area contributed by atoms with Crippen molar-refractivity contribution in [2.24, 2.45) is 5.92 Å². The number of methoxy groups -OCH3 is 1. The molecule has 1 amide bonds. The van der Waals surface area contributed by atoms with Crippen LogP contribution in [0, 0.1) is 11.7 Å². The molecule has 1 aliphatic rings. The minimum atomic E-state index is -4.03. The van der Waals surface area contributed by atoms with Gasteiger partial charge in [0.05, 0.1) is 23.1 Å². The predicted octanol–water partition coefficient (Wildman–Crippen LogP) is 4.18. The normalized spacial score (nSPS) is 17.7. The van der Waals surface area contributed by atoms with E-state index in [-0.39, 0.29) is 29.6 Å². The van der Waals surface area contributed by atoms with Gasteiger partial charge in [-0.25, -0.2) is 12.8 Å². The summed E-state index contributed by atoms with van der Waals surface area (Å²) in [6.07, 6.45) is 1.02. The highest BCUT2D eigenvalue weighted by molar-refractivity contribution is 7.89. The van der Waals surface area contributed by atoms with E-state index >= 15 is 0 Å². The minimum absolute atomic E-state index is 0.0187. The molecule has 29 heavy (non-hydrogen) atoms. The Hall–Kier alpha value is -1.87. The van der Waals surface area contributed by atoms with E-state index in [9.17, 15) is 17.6 Å². The first-order valence-corrected chi connectivity index (χ1v) is 11.0. The molecule has 1 atom stereocenters. The summed E-state index contributed by atoms with van der Waals surface area (Å²) in [4.78, 5) is 12.4. The average molecular weight is 461 g/mol. The monoisotopic (exact) mass is 460 g/mol. The van der Waals surface area contributed by atoms with Gasteiger partial charge in [-0.05, 0) is 49.2 Å². The molecule has 0 radical (unpaired) electrons. The van der Waals surface area contributed by atoms with Crippen LogP contribution in [0.3, 0.4) is 0 Å². The Morgan fingerprint density at radius 1 is 1.21 bits per heavy atom. The fraction of sp³-hybridized carbons (Fsp3) is 0.316. The zero-order valence-electron chi connectivity index (χ0n) is 15.5. The van der Waals surface area contributed by atoms with Gasteiger partial charge in [0.2, 0.25) is 15.9 Å². The molecular formula is C19H19Cl2FN2O4S. The van der Waals surface area contributed by atoms with Crippen molar-refractivity contribution >= 4 is 44.8 Å². The number of benzene rings is 2. The maximum absolute atomic E-state index is 13.7. The van der Waals surface area contributed by atoms with Crippen molar-refractivity contribution in [3.05, 3.63) is 52.3 Å². The highest BCUT2D eigenvalue weighted by Crippen LogP contribution is 2.31. The fourth-order valence-corrected chi connectivity index (χ4v) is 5.17. The Kier molecular flexibility index (Phi) is 6.68. The lowest BCUT2D eigenvalue weighted by Crippen LogP contribution is -2.43. The van der Waals surface area contributed by atoms with Gasteiger partial charge in [-0.15, -0.1) is 0 Å². The number of nitrogens with zero attached hydrogens (tertiary/aromatic N) is 1. The van der Waals surface area contributed by atoms with Gasteiger partial charge in [-0.1, -0.05) is 23.2 Å². The second-order valence-electron chi connectivity index (χ2n) is 6.62. The van der Waals surface area contributed by atoms with Crippen molar-refractivity contribution in [3.63, 3.8) is 0 Å². The van der Waals surface area contributed by atoms with Crippen molar-refractivity contribution in [1.29, 1.82) is 0 Å². The third kappa shape index (κ3) is 4.83. The van der Waals surface area contributed by atoms with Crippen molar-refractivity contribution in [2.75, 3.05) is 25.5 Å². The van der Waals surface area contributed by atoms with Crippen LogP contribution in [0.2, 0.25) is 10.0 Å². The molecule has 0 aliphatic carbocycles. The predicted molar refractivity (Wildman–Crippen MR) is 110 cm³/mol. The van der Waals surface area contributed by atoms with Crippen molar-refractivity contribution in [2.45, 2.75) is 17.7 Å². The molecule has 1 heterocycles. The molecule has 2 aromatic carbocycles. The fourth-order valence-electron chi connectivity index (χ4n) is 3.18. The van der Waals surface area contributed by atoms with Crippen LogP contribution in [0.15, 0.2) is 41.3 Å². The van der Waals surface area contributed by atoms with Gasteiger partial charge in [-0.2, -0.15) is 4.31 Å². The number of amides is 1. The largest absolute Gasteiger partial charge is 0.495 e. The summed E-state index contributed by atoms with van der Waals surface area (Å²) >= 11 is 11.8. The molecule has 1 fully saturated rings. The van der Waals surface area contributed by atoms with Crippen molar-refractivity contribution in [3.8, 4) is 5.75 Å². The summed E-state index contributed by atoms with van der Waals surface area (Å²) in [6.45, 7) is 0.216. The van der Waals surface area contributed by atoms with Crippen LogP contribution in [-0.2, 0) is 14.8 Å². The van der Waals surface area contributed by atoms with Crippen LogP contribution >= 0.6 is 23.2 Å². The van der Waals surface area contributed by atoms with Crippen molar-refractivity contribution in [1.82, 2.24) is 4.31 Å². The van der Waals surface area contributed by atoms with Gasteiger partial charge in [0, 0.05) is 18.8 Å². The molecule has 6 nitrogen and oxygen atoms in total. The summed E-state index contributed by atoms with van der Waals surface area (Å²) in [5.74, 6) is -1.52. The summed E-state index contributed by atoms with van der Waals surface area (Å²) in [6, 6.07) is 8.01. The van der Waals surface area contributed by atoms with Crippen molar-refractivity contribution < 1.29 is 22.3 Å². The zero-order valence-corrected chi connectivity index (χ0v) is 17.8. The first-order chi connectivity index (χ1) is 13.7. The van der Waals surface area contributed by atoms with E-state index < -0.39 is 21.8 Å². The summed E-state index contributed by atoms with van der Waals surface area (Å²) in [7, 11) is -2.71. The van der Waals surface area contributed by atoms with Gasteiger partial charge >= 0.3 is 0 Å². The molecule has 2 aromatic rings. The van der Waals surface area contributed by atoms with E-state index in [0.29, 0.717) is 28.6 Å². The molecule has 156 valence electrons. The van der Waals surface area contributed by atoms with Crippen LogP contribution in [-0.4, -0.2) is 38.8 Å². The molecule has 1 aliphatic heterocycles. The second kappa shape index (κ2) is 8.87. The smallest absolute Gasteiger partial charge is 0.246 e. The SMILES string of the molecule is COc1ccc(F)cc1S(=O)(=O)N1CCC[C@H](C(=O)Nc2ccc(Cl)c(Cl)c2)C1. The first kappa shape index (κ1) is 21.8. The second-order valence-corrected chi connectivity index (χ2v) is 9.34. The van der Waals surface area contributed by atoms with Crippen LogP contribution in [0.5, 0.6) is 5.75 Å². The number of carbonyl (C=O) groups is 1. The Morgan fingerprint density at radius 2 is 1.97 bits per heavy atom. The molecule has 0 aromatic heterocycles. The number of anilines is 1. The Balaban J connectivity index is 1.78. The van der Waals surface area contributed by atoms with Gasteiger partial charge in [0.1, 0.15) is 16.5 Å². The highest BCUT2D eigenvalue weighted by atomic mass is 35.5. The van der Waals surface area contributed by atoms with Gasteiger partial charge in [0.25, 0.3) is 0 Å². The molecule has 0 unspecified atom stereocenters. The Bertz CT molecular complexity index is 1030. The highest BCUT2D eigenvalue weighted by Gasteiger charge is 2.35. The lowest BCUT2D eigenvalue weighted by atomic mass is 9.99. The number of nitrogens with one attached hydrogen (secondary N) is 1. The summed E-state index contributed by atoms with van der Waals surface area (Å²) < 4.78 is 46.0. The quantitative estimate of drug-likeness (QED) is 0.725. The maximum Gasteiger partial charge on any atom is 0.246 e. The molecule has 0 bridgehead atoms. The molecule has 1 saturated heterocycles. The third-order valence-corrected chi connectivity index (χ3v) is 7.31. The van der Waals surface area contributed by atoms with Crippen LogP contribution in [0.4, 0.5) is 10.1 Å². The number of halogens is 3. The number of piperidine rings is 1. The molecule has 0 saturated carbocycles. The van der Waals surface area contributed by atoms with Crippen LogP contribution in [0.25, 0.3) is 0 Å². The molecule has 10 heteroatoms. The van der Waals surface area contributed by atoms with Gasteiger partial charge in [-0.3, -0.25) is 4.79 Å². The number of rotatable bonds is 5. The standard InChI is InChI=1S/C19H19Cl2FN2O4S/c1-28-17-7-4-13(22)9-18(17)29(26,27)24-8-2-3-12(11-24)19(25)23-14-5-6-15(20)16(21)10-14/h4-7,9-10,12H,2-3,8,11H2,1H3,(H,23,25)/t12-/m0/s1. The van der Waals surface area contributed by atoms with E-state index in [1.165, 1.54) is 23.5 Å². The van der Waals surface area contributed by atoms with E-state index in [0.717, 1.165) is 12.1 Å². The molecule has 0 spiro atoms. The average Bonchev–Trinajstić information content (AvgIpc) is 2.70.